The number of hydrogen-bond donors (Lipinski definition) is 1. The normalized spacial score (nSPS) is 20.5. The Hall–Kier alpha value is -0.120. The van der Waals surface area contributed by atoms with E-state index in [2.05, 4.69) is 43.1 Å². The van der Waals surface area contributed by atoms with E-state index >= 15 is 0 Å². The highest BCUT2D eigenvalue weighted by atomic mass is 15.2. The number of likely N-dealkylation sites (tertiary alicyclic amines) is 1. The zero-order valence-electron chi connectivity index (χ0n) is 12.9. The van der Waals surface area contributed by atoms with E-state index in [1.54, 1.807) is 0 Å². The molecule has 0 amide bonds. The Balaban J connectivity index is 2.33. The highest BCUT2D eigenvalue weighted by molar-refractivity contribution is 4.80. The number of nitrogens with one attached hydrogen (secondary N) is 1. The molecule has 1 N–H and O–H groups in total. The zero-order valence-corrected chi connectivity index (χ0v) is 12.9. The third kappa shape index (κ3) is 5.68. The molecule has 1 heterocycles. The maximum absolute atomic E-state index is 3.52. The van der Waals surface area contributed by atoms with Crippen molar-refractivity contribution in [3.8, 4) is 0 Å². The van der Waals surface area contributed by atoms with E-state index in [0.29, 0.717) is 0 Å². The number of rotatable bonds is 8. The van der Waals surface area contributed by atoms with Gasteiger partial charge in [0.15, 0.2) is 0 Å². The summed E-state index contributed by atoms with van der Waals surface area (Å²) in [7, 11) is 4.38. The first-order valence-electron chi connectivity index (χ1n) is 7.76. The van der Waals surface area contributed by atoms with E-state index in [0.717, 1.165) is 18.5 Å². The zero-order chi connectivity index (χ0) is 13.4. The lowest BCUT2D eigenvalue weighted by Gasteiger charge is -2.38. The molecule has 0 aromatic carbocycles. The first-order chi connectivity index (χ1) is 8.67. The Morgan fingerprint density at radius 2 is 1.89 bits per heavy atom. The fourth-order valence-electron chi connectivity index (χ4n) is 3.07. The summed E-state index contributed by atoms with van der Waals surface area (Å²) in [6.45, 7) is 10.6. The molecule has 1 atom stereocenters. The van der Waals surface area contributed by atoms with Crippen molar-refractivity contribution in [3.63, 3.8) is 0 Å². The Kier molecular flexibility index (Phi) is 7.87. The Bertz CT molecular complexity index is 198. The van der Waals surface area contributed by atoms with Gasteiger partial charge in [0, 0.05) is 19.1 Å². The molecule has 0 radical (unpaired) electrons. The minimum atomic E-state index is 0.759. The third-order valence-corrected chi connectivity index (χ3v) is 4.04. The number of piperidine rings is 1. The lowest BCUT2D eigenvalue weighted by Crippen LogP contribution is -2.47. The number of likely N-dealkylation sites (N-methyl/N-ethyl adjacent to an activating group) is 1. The average molecular weight is 255 g/mol. The molecule has 18 heavy (non-hydrogen) atoms. The van der Waals surface area contributed by atoms with Crippen molar-refractivity contribution in [1.82, 2.24) is 15.1 Å². The summed E-state index contributed by atoms with van der Waals surface area (Å²) in [5.41, 5.74) is 0. The average Bonchev–Trinajstić information content (AvgIpc) is 2.35. The maximum atomic E-state index is 3.52. The summed E-state index contributed by atoms with van der Waals surface area (Å²) in [6, 6.07) is 0.759. The van der Waals surface area contributed by atoms with E-state index in [4.69, 9.17) is 0 Å². The molecule has 3 heteroatoms. The Morgan fingerprint density at radius 1 is 1.22 bits per heavy atom. The van der Waals surface area contributed by atoms with Crippen molar-refractivity contribution in [2.45, 2.75) is 45.6 Å². The van der Waals surface area contributed by atoms with Gasteiger partial charge in [0.25, 0.3) is 0 Å². The minimum Gasteiger partial charge on any atom is -0.315 e. The van der Waals surface area contributed by atoms with Crippen LogP contribution in [-0.4, -0.2) is 62.7 Å². The lowest BCUT2D eigenvalue weighted by atomic mass is 9.94. The SMILES string of the molecule is CCCC(CNCC)N1CCC(CN(C)C)CC1. The summed E-state index contributed by atoms with van der Waals surface area (Å²) >= 11 is 0. The van der Waals surface area contributed by atoms with Crippen LogP contribution in [0.25, 0.3) is 0 Å². The molecule has 1 rings (SSSR count). The van der Waals surface area contributed by atoms with Crippen LogP contribution in [-0.2, 0) is 0 Å². The molecule has 1 unspecified atom stereocenters. The molecule has 1 aliphatic heterocycles. The quantitative estimate of drug-likeness (QED) is 0.716. The molecular formula is C15H33N3. The van der Waals surface area contributed by atoms with E-state index in [-0.39, 0.29) is 0 Å². The molecule has 108 valence electrons. The van der Waals surface area contributed by atoms with E-state index in [1.807, 2.05) is 0 Å². The molecular weight excluding hydrogens is 222 g/mol. The second-order valence-electron chi connectivity index (χ2n) is 5.99. The summed E-state index contributed by atoms with van der Waals surface area (Å²) in [4.78, 5) is 5.06. The predicted octanol–water partition coefficient (Wildman–Crippen LogP) is 2.04. The fraction of sp³-hybridized carbons (Fsp3) is 1.00. The topological polar surface area (TPSA) is 18.5 Å². The number of nitrogens with zero attached hydrogens (tertiary/aromatic N) is 2. The van der Waals surface area contributed by atoms with Crippen LogP contribution in [0.4, 0.5) is 0 Å². The number of hydrogen-bond acceptors (Lipinski definition) is 3. The third-order valence-electron chi connectivity index (χ3n) is 4.04. The lowest BCUT2D eigenvalue weighted by molar-refractivity contribution is 0.113. The van der Waals surface area contributed by atoms with E-state index in [9.17, 15) is 0 Å². The van der Waals surface area contributed by atoms with Crippen molar-refractivity contribution in [1.29, 1.82) is 0 Å². The van der Waals surface area contributed by atoms with Crippen LogP contribution in [0.5, 0.6) is 0 Å². The van der Waals surface area contributed by atoms with Crippen molar-refractivity contribution in [2.75, 3.05) is 46.8 Å². The van der Waals surface area contributed by atoms with Gasteiger partial charge in [0.1, 0.15) is 0 Å². The van der Waals surface area contributed by atoms with Crippen molar-refractivity contribution in [2.24, 2.45) is 5.92 Å². The van der Waals surface area contributed by atoms with Gasteiger partial charge in [-0.3, -0.25) is 4.90 Å². The Labute approximate surface area is 114 Å². The highest BCUT2D eigenvalue weighted by Crippen LogP contribution is 2.20. The van der Waals surface area contributed by atoms with Gasteiger partial charge in [0.05, 0.1) is 0 Å². The monoisotopic (exact) mass is 255 g/mol. The van der Waals surface area contributed by atoms with Crippen molar-refractivity contribution in [3.05, 3.63) is 0 Å². The van der Waals surface area contributed by atoms with Crippen LogP contribution in [0.3, 0.4) is 0 Å². The van der Waals surface area contributed by atoms with Crippen molar-refractivity contribution < 1.29 is 0 Å². The second kappa shape index (κ2) is 8.89. The molecule has 0 aromatic heterocycles. The molecule has 0 aliphatic carbocycles. The van der Waals surface area contributed by atoms with Crippen LogP contribution in [0.1, 0.15) is 39.5 Å². The van der Waals surface area contributed by atoms with E-state index in [1.165, 1.54) is 51.9 Å². The van der Waals surface area contributed by atoms with Gasteiger partial charge < -0.3 is 10.2 Å². The van der Waals surface area contributed by atoms with Gasteiger partial charge in [0.2, 0.25) is 0 Å². The van der Waals surface area contributed by atoms with Gasteiger partial charge in [-0.1, -0.05) is 20.3 Å². The predicted molar refractivity (Wildman–Crippen MR) is 80.1 cm³/mol. The maximum Gasteiger partial charge on any atom is 0.0220 e. The molecule has 1 aliphatic rings. The molecule has 0 spiro atoms. The fourth-order valence-corrected chi connectivity index (χ4v) is 3.07. The molecule has 0 bridgehead atoms. The summed E-state index contributed by atoms with van der Waals surface area (Å²) < 4.78 is 0. The summed E-state index contributed by atoms with van der Waals surface area (Å²) in [5, 5.41) is 3.52. The van der Waals surface area contributed by atoms with Crippen LogP contribution >= 0.6 is 0 Å². The van der Waals surface area contributed by atoms with Crippen LogP contribution in [0.15, 0.2) is 0 Å². The second-order valence-corrected chi connectivity index (χ2v) is 5.99. The molecule has 0 aromatic rings. The first kappa shape index (κ1) is 15.9. The smallest absolute Gasteiger partial charge is 0.0220 e. The molecule has 0 saturated carbocycles. The van der Waals surface area contributed by atoms with E-state index < -0.39 is 0 Å². The summed E-state index contributed by atoms with van der Waals surface area (Å²) in [5.74, 6) is 0.915. The van der Waals surface area contributed by atoms with Crippen LogP contribution in [0.2, 0.25) is 0 Å². The highest BCUT2D eigenvalue weighted by Gasteiger charge is 2.24. The Morgan fingerprint density at radius 3 is 2.39 bits per heavy atom. The van der Waals surface area contributed by atoms with Gasteiger partial charge in [-0.05, 0) is 58.9 Å². The van der Waals surface area contributed by atoms with Crippen LogP contribution in [0, 0.1) is 5.92 Å². The van der Waals surface area contributed by atoms with Gasteiger partial charge >= 0.3 is 0 Å². The summed E-state index contributed by atoms with van der Waals surface area (Å²) in [6.07, 6.45) is 5.40. The largest absolute Gasteiger partial charge is 0.315 e. The first-order valence-corrected chi connectivity index (χ1v) is 7.76. The molecule has 1 saturated heterocycles. The molecule has 3 nitrogen and oxygen atoms in total. The van der Waals surface area contributed by atoms with Gasteiger partial charge in [-0.15, -0.1) is 0 Å². The molecule has 1 fully saturated rings. The van der Waals surface area contributed by atoms with Crippen molar-refractivity contribution >= 4 is 0 Å². The standard InChI is InChI=1S/C15H33N3/c1-5-7-15(12-16-6-2)18-10-8-14(9-11-18)13-17(3)4/h14-16H,5-13H2,1-4H3. The van der Waals surface area contributed by atoms with Gasteiger partial charge in [-0.2, -0.15) is 0 Å². The minimum absolute atomic E-state index is 0.759. The van der Waals surface area contributed by atoms with Gasteiger partial charge in [-0.25, -0.2) is 0 Å². The van der Waals surface area contributed by atoms with Crippen LogP contribution < -0.4 is 5.32 Å².